The Balaban J connectivity index is 0. The zero-order chi connectivity index (χ0) is 25.3. The molecule has 0 aliphatic carbocycles. The van der Waals surface area contributed by atoms with Crippen LogP contribution in [0.4, 0.5) is 0 Å². The summed E-state index contributed by atoms with van der Waals surface area (Å²) in [7, 11) is -4.25. The van der Waals surface area contributed by atoms with E-state index in [1.807, 2.05) is 0 Å². The molecular formula is C27H60NO4P. The summed E-state index contributed by atoms with van der Waals surface area (Å²) in [4.78, 5) is 16.9. The van der Waals surface area contributed by atoms with Crippen LogP contribution in [-0.4, -0.2) is 21.9 Å². The number of phosphoric acid groups is 1. The van der Waals surface area contributed by atoms with E-state index < -0.39 is 7.82 Å². The largest absolute Gasteiger partial charge is 0.469 e. The topological polar surface area (TPSA) is 92.8 Å². The molecule has 4 N–H and O–H groups in total. The van der Waals surface area contributed by atoms with E-state index in [-0.39, 0.29) is 12.1 Å². The third-order valence-corrected chi connectivity index (χ3v) is 6.45. The van der Waals surface area contributed by atoms with Gasteiger partial charge in [0, 0.05) is 5.54 Å². The lowest BCUT2D eigenvalue weighted by Gasteiger charge is -2.17. The molecule has 33 heavy (non-hydrogen) atoms. The summed E-state index contributed by atoms with van der Waals surface area (Å²) >= 11 is 0. The quantitative estimate of drug-likeness (QED) is 0.0975. The van der Waals surface area contributed by atoms with Gasteiger partial charge in [0.25, 0.3) is 0 Å². The summed E-state index contributed by atoms with van der Waals surface area (Å²) in [6.45, 7) is 8.92. The van der Waals surface area contributed by atoms with E-state index in [4.69, 9.17) is 15.5 Å². The van der Waals surface area contributed by atoms with Crippen LogP contribution in [0.15, 0.2) is 0 Å². The molecule has 0 saturated heterocycles. The fourth-order valence-electron chi connectivity index (χ4n) is 3.84. The van der Waals surface area contributed by atoms with E-state index in [1.165, 1.54) is 116 Å². The Bertz CT molecular complexity index is 421. The number of nitrogens with two attached hydrogens (primary N) is 1. The van der Waals surface area contributed by atoms with Crippen molar-refractivity contribution in [1.29, 1.82) is 0 Å². The summed E-state index contributed by atoms with van der Waals surface area (Å²) in [6.07, 6.45) is 27.2. The first-order chi connectivity index (χ1) is 15.6. The van der Waals surface area contributed by atoms with Crippen molar-refractivity contribution in [3.63, 3.8) is 0 Å². The zero-order valence-electron chi connectivity index (χ0n) is 22.8. The zero-order valence-corrected chi connectivity index (χ0v) is 23.7. The predicted molar refractivity (Wildman–Crippen MR) is 145 cm³/mol. The molecule has 202 valence electrons. The Morgan fingerprint density at radius 2 is 0.909 bits per heavy atom. The lowest BCUT2D eigenvalue weighted by molar-refractivity contribution is 0.193. The minimum atomic E-state index is -4.25. The molecule has 0 saturated carbocycles. The van der Waals surface area contributed by atoms with Crippen molar-refractivity contribution in [2.45, 2.75) is 168 Å². The molecule has 0 aromatic heterocycles. The van der Waals surface area contributed by atoms with Crippen LogP contribution in [0.2, 0.25) is 0 Å². The second kappa shape index (κ2) is 25.2. The number of rotatable bonds is 23. The van der Waals surface area contributed by atoms with E-state index in [1.54, 1.807) is 0 Å². The smallest absolute Gasteiger partial charge is 0.326 e. The molecular weight excluding hydrogens is 433 g/mol. The maximum Gasteiger partial charge on any atom is 0.469 e. The lowest BCUT2D eigenvalue weighted by atomic mass is 9.97. The monoisotopic (exact) mass is 493 g/mol. The standard InChI is InChI=1S/C14H31N.C13H29O4P/c1-4-5-6-7-8-9-10-11-12-13-14(2,3)15;1-2-3-4-5-6-7-8-9-10-11-12-13-17-18(14,15)16/h4-13,15H2,1-3H3;2-13H2,1H3,(H2,14,15,16). The van der Waals surface area contributed by atoms with Crippen molar-refractivity contribution in [3.8, 4) is 0 Å². The predicted octanol–water partition coefficient (Wildman–Crippen LogP) is 9.05. The van der Waals surface area contributed by atoms with Gasteiger partial charge in [0.15, 0.2) is 0 Å². The van der Waals surface area contributed by atoms with Crippen LogP contribution in [-0.2, 0) is 9.09 Å². The van der Waals surface area contributed by atoms with Crippen LogP contribution < -0.4 is 5.73 Å². The summed E-state index contributed by atoms with van der Waals surface area (Å²) in [5, 5.41) is 0. The van der Waals surface area contributed by atoms with Gasteiger partial charge in [0.2, 0.25) is 0 Å². The number of hydrogen-bond acceptors (Lipinski definition) is 3. The minimum Gasteiger partial charge on any atom is -0.326 e. The van der Waals surface area contributed by atoms with Gasteiger partial charge in [-0.05, 0) is 26.7 Å². The fourth-order valence-corrected chi connectivity index (χ4v) is 4.21. The van der Waals surface area contributed by atoms with Crippen LogP contribution in [0.3, 0.4) is 0 Å². The van der Waals surface area contributed by atoms with E-state index in [0.29, 0.717) is 0 Å². The highest BCUT2D eigenvalue weighted by Gasteiger charge is 2.12. The van der Waals surface area contributed by atoms with Gasteiger partial charge in [-0.2, -0.15) is 0 Å². The molecule has 0 unspecified atom stereocenters. The van der Waals surface area contributed by atoms with Gasteiger partial charge < -0.3 is 15.5 Å². The third-order valence-electron chi connectivity index (χ3n) is 5.93. The average molecular weight is 494 g/mol. The van der Waals surface area contributed by atoms with Gasteiger partial charge in [0.05, 0.1) is 6.61 Å². The van der Waals surface area contributed by atoms with Crippen molar-refractivity contribution >= 4 is 7.82 Å². The fraction of sp³-hybridized carbons (Fsp3) is 1.00. The highest BCUT2D eigenvalue weighted by Crippen LogP contribution is 2.35. The third kappa shape index (κ3) is 39.6. The lowest BCUT2D eigenvalue weighted by Crippen LogP contribution is -2.31. The molecule has 0 spiro atoms. The van der Waals surface area contributed by atoms with Gasteiger partial charge in [-0.3, -0.25) is 4.52 Å². The molecule has 0 aliphatic heterocycles. The van der Waals surface area contributed by atoms with Crippen LogP contribution in [0.1, 0.15) is 163 Å². The van der Waals surface area contributed by atoms with Crippen LogP contribution in [0.25, 0.3) is 0 Å². The highest BCUT2D eigenvalue weighted by molar-refractivity contribution is 7.46. The Labute approximate surface area is 207 Å². The highest BCUT2D eigenvalue weighted by atomic mass is 31.2. The van der Waals surface area contributed by atoms with Gasteiger partial charge in [-0.25, -0.2) is 4.57 Å². The van der Waals surface area contributed by atoms with E-state index in [2.05, 4.69) is 32.2 Å². The van der Waals surface area contributed by atoms with Crippen LogP contribution >= 0.6 is 7.82 Å². The van der Waals surface area contributed by atoms with E-state index in [9.17, 15) is 4.57 Å². The van der Waals surface area contributed by atoms with E-state index in [0.717, 1.165) is 19.3 Å². The maximum atomic E-state index is 10.4. The summed E-state index contributed by atoms with van der Waals surface area (Å²) in [5.74, 6) is 0. The van der Waals surface area contributed by atoms with Gasteiger partial charge in [0.1, 0.15) is 0 Å². The maximum absolute atomic E-state index is 10.4. The number of unbranched alkanes of at least 4 members (excludes halogenated alkanes) is 18. The molecule has 0 aromatic carbocycles. The second-order valence-electron chi connectivity index (χ2n) is 10.4. The van der Waals surface area contributed by atoms with Crippen LogP contribution in [0.5, 0.6) is 0 Å². The SMILES string of the molecule is CCCCCCCCCCCC(C)(C)N.CCCCCCCCCCCCCOP(=O)(O)O. The Morgan fingerprint density at radius 3 is 1.21 bits per heavy atom. The molecule has 0 aromatic rings. The molecule has 0 bridgehead atoms. The Morgan fingerprint density at radius 1 is 0.606 bits per heavy atom. The van der Waals surface area contributed by atoms with Crippen molar-refractivity contribution in [2.24, 2.45) is 5.73 Å². The minimum absolute atomic E-state index is 0.0428. The van der Waals surface area contributed by atoms with Gasteiger partial charge in [-0.1, -0.05) is 136 Å². The normalized spacial score (nSPS) is 12.0. The Kier molecular flexibility index (Phi) is 26.9. The molecule has 0 aliphatic rings. The second-order valence-corrected chi connectivity index (χ2v) is 11.7. The van der Waals surface area contributed by atoms with Crippen molar-refractivity contribution in [1.82, 2.24) is 0 Å². The van der Waals surface area contributed by atoms with Crippen LogP contribution in [0, 0.1) is 0 Å². The summed E-state index contributed by atoms with van der Waals surface area (Å²) in [6, 6.07) is 0. The first-order valence-electron chi connectivity index (χ1n) is 14.1. The van der Waals surface area contributed by atoms with Crippen molar-refractivity contribution < 1.29 is 18.9 Å². The van der Waals surface area contributed by atoms with Crippen molar-refractivity contribution in [3.05, 3.63) is 0 Å². The number of phosphoric ester groups is 1. The molecule has 0 radical (unpaired) electrons. The van der Waals surface area contributed by atoms with Gasteiger partial charge >= 0.3 is 7.82 Å². The van der Waals surface area contributed by atoms with Crippen molar-refractivity contribution in [2.75, 3.05) is 6.61 Å². The summed E-state index contributed by atoms with van der Waals surface area (Å²) in [5.41, 5.74) is 5.97. The Hall–Kier alpha value is 0.0700. The molecule has 0 amide bonds. The first kappa shape index (κ1) is 35.2. The average Bonchev–Trinajstić information content (AvgIpc) is 2.72. The molecule has 0 rings (SSSR count). The van der Waals surface area contributed by atoms with E-state index >= 15 is 0 Å². The molecule has 0 fully saturated rings. The van der Waals surface area contributed by atoms with Gasteiger partial charge in [-0.15, -0.1) is 0 Å². The summed E-state index contributed by atoms with van der Waals surface area (Å²) < 4.78 is 14.8. The molecule has 0 heterocycles. The number of hydrogen-bond donors (Lipinski definition) is 3. The molecule has 5 nitrogen and oxygen atoms in total. The first-order valence-corrected chi connectivity index (χ1v) is 15.6. The molecule has 0 atom stereocenters. The molecule has 6 heteroatoms.